The molecule has 0 radical (unpaired) electrons. The molecule has 0 N–H and O–H groups in total. The van der Waals surface area contributed by atoms with Gasteiger partial charge in [0.15, 0.2) is 5.16 Å². The number of thioether (sulfide) groups is 1. The van der Waals surface area contributed by atoms with Gasteiger partial charge in [-0.1, -0.05) is 35.5 Å². The predicted molar refractivity (Wildman–Crippen MR) is 118 cm³/mol. The highest BCUT2D eigenvalue weighted by atomic mass is 35.5. The zero-order valence-corrected chi connectivity index (χ0v) is 18.6. The number of benzene rings is 1. The van der Waals surface area contributed by atoms with Gasteiger partial charge >= 0.3 is 0 Å². The van der Waals surface area contributed by atoms with Gasteiger partial charge in [-0.15, -0.1) is 10.2 Å². The van der Waals surface area contributed by atoms with Gasteiger partial charge in [-0.05, 0) is 36.2 Å². The van der Waals surface area contributed by atoms with Crippen molar-refractivity contribution in [3.8, 4) is 0 Å². The maximum atomic E-state index is 13.1. The topological polar surface area (TPSA) is 85.8 Å². The van der Waals surface area contributed by atoms with Gasteiger partial charge in [-0.25, -0.2) is 5.01 Å². The first kappa shape index (κ1) is 21.6. The number of hydrogen-bond acceptors (Lipinski definition) is 7. The number of furan rings is 1. The molecule has 0 saturated carbocycles. The van der Waals surface area contributed by atoms with E-state index in [1.807, 2.05) is 41.0 Å². The van der Waals surface area contributed by atoms with Crippen molar-refractivity contribution >= 4 is 35.0 Å². The highest BCUT2D eigenvalue weighted by molar-refractivity contribution is 7.99. The maximum Gasteiger partial charge on any atom is 0.253 e. The molecule has 0 fully saturated rings. The van der Waals surface area contributed by atoms with Crippen molar-refractivity contribution in [1.82, 2.24) is 19.8 Å². The molecule has 2 aromatic heterocycles. The molecule has 0 bridgehead atoms. The minimum absolute atomic E-state index is 0.123. The molecule has 3 aromatic rings. The molecule has 1 unspecified atom stereocenters. The van der Waals surface area contributed by atoms with Crippen molar-refractivity contribution in [3.63, 3.8) is 0 Å². The summed E-state index contributed by atoms with van der Waals surface area (Å²) >= 11 is 7.35. The second kappa shape index (κ2) is 10.1. The Morgan fingerprint density at radius 3 is 2.90 bits per heavy atom. The van der Waals surface area contributed by atoms with E-state index in [-0.39, 0.29) is 17.7 Å². The average Bonchev–Trinajstić information content (AvgIpc) is 3.53. The lowest BCUT2D eigenvalue weighted by atomic mass is 10.0. The lowest BCUT2D eigenvalue weighted by molar-refractivity contribution is -0.130. The molecule has 1 amide bonds. The number of aryl methyl sites for hydroxylation is 1. The van der Waals surface area contributed by atoms with Gasteiger partial charge in [0.1, 0.15) is 18.1 Å². The number of amides is 1. The Balaban J connectivity index is 1.48. The summed E-state index contributed by atoms with van der Waals surface area (Å²) < 4.78 is 12.6. The highest BCUT2D eigenvalue weighted by Crippen LogP contribution is 2.34. The van der Waals surface area contributed by atoms with E-state index in [0.717, 1.165) is 24.2 Å². The number of aromatic nitrogens is 3. The van der Waals surface area contributed by atoms with Crippen LogP contribution in [0.3, 0.4) is 0 Å². The molecular weight excluding hydrogens is 438 g/mol. The smallest absolute Gasteiger partial charge is 0.253 e. The Labute approximate surface area is 189 Å². The molecule has 1 atom stereocenters. The van der Waals surface area contributed by atoms with Crippen molar-refractivity contribution in [3.05, 3.63) is 65.3 Å². The van der Waals surface area contributed by atoms with Crippen LogP contribution in [0.15, 0.2) is 63.7 Å². The van der Waals surface area contributed by atoms with Gasteiger partial charge < -0.3 is 13.7 Å². The number of ether oxygens (including phenoxy) is 1. The third-order valence-electron chi connectivity index (χ3n) is 4.87. The van der Waals surface area contributed by atoms with E-state index in [4.69, 9.17) is 20.8 Å². The van der Waals surface area contributed by atoms with Gasteiger partial charge in [-0.2, -0.15) is 5.10 Å². The molecule has 10 heteroatoms. The number of hydrogen-bond donors (Lipinski definition) is 0. The van der Waals surface area contributed by atoms with E-state index < -0.39 is 0 Å². The molecular formula is C21H22ClN5O3S. The SMILES string of the molecule is COCCCn1cnnc1SCC(=O)N1N=C(c2ccc(Cl)cc2)CC1c1ccco1. The Morgan fingerprint density at radius 1 is 1.32 bits per heavy atom. The van der Waals surface area contributed by atoms with Crippen molar-refractivity contribution in [2.75, 3.05) is 19.5 Å². The number of carbonyl (C=O) groups excluding carboxylic acids is 1. The van der Waals surface area contributed by atoms with Crippen LogP contribution in [0.25, 0.3) is 0 Å². The van der Waals surface area contributed by atoms with Crippen LogP contribution in [-0.4, -0.2) is 50.9 Å². The van der Waals surface area contributed by atoms with E-state index in [1.54, 1.807) is 19.7 Å². The summed E-state index contributed by atoms with van der Waals surface area (Å²) in [5, 5.41) is 15.6. The minimum Gasteiger partial charge on any atom is -0.467 e. The normalized spacial score (nSPS) is 16.0. The van der Waals surface area contributed by atoms with Crippen LogP contribution >= 0.6 is 23.4 Å². The lowest BCUT2D eigenvalue weighted by Gasteiger charge is -2.19. The highest BCUT2D eigenvalue weighted by Gasteiger charge is 2.34. The summed E-state index contributed by atoms with van der Waals surface area (Å²) in [4.78, 5) is 13.1. The Bertz CT molecular complexity index is 1040. The molecule has 0 aliphatic carbocycles. The molecule has 1 aliphatic heterocycles. The second-order valence-electron chi connectivity index (χ2n) is 6.97. The Hall–Kier alpha value is -2.62. The fourth-order valence-electron chi connectivity index (χ4n) is 3.34. The third-order valence-corrected chi connectivity index (χ3v) is 6.08. The summed E-state index contributed by atoms with van der Waals surface area (Å²) in [7, 11) is 1.67. The van der Waals surface area contributed by atoms with E-state index >= 15 is 0 Å². The molecule has 0 saturated heterocycles. The van der Waals surface area contributed by atoms with Crippen molar-refractivity contribution < 1.29 is 13.9 Å². The minimum atomic E-state index is -0.284. The molecule has 162 valence electrons. The summed E-state index contributed by atoms with van der Waals surface area (Å²) in [6.45, 7) is 1.39. The zero-order valence-electron chi connectivity index (χ0n) is 17.0. The van der Waals surface area contributed by atoms with Crippen LogP contribution in [0.2, 0.25) is 5.02 Å². The van der Waals surface area contributed by atoms with Gasteiger partial charge in [0.2, 0.25) is 0 Å². The van der Waals surface area contributed by atoms with Crippen LogP contribution in [-0.2, 0) is 16.1 Å². The zero-order chi connectivity index (χ0) is 21.6. The molecule has 1 aliphatic rings. The number of hydrazone groups is 1. The standard InChI is InChI=1S/C21H22ClN5O3S/c1-29-10-3-9-26-14-23-24-21(26)31-13-20(28)27-18(19-4-2-11-30-19)12-17(25-27)15-5-7-16(22)8-6-15/h2,4-8,11,14,18H,3,9-10,12-13H2,1H3. The largest absolute Gasteiger partial charge is 0.467 e. The van der Waals surface area contributed by atoms with E-state index in [0.29, 0.717) is 29.0 Å². The monoisotopic (exact) mass is 459 g/mol. The number of halogens is 1. The first-order chi connectivity index (χ1) is 15.2. The number of rotatable bonds is 9. The Kier molecular flexibility index (Phi) is 7.06. The predicted octanol–water partition coefficient (Wildman–Crippen LogP) is 4.03. The van der Waals surface area contributed by atoms with Crippen molar-refractivity contribution in [2.45, 2.75) is 30.6 Å². The molecule has 31 heavy (non-hydrogen) atoms. The maximum absolute atomic E-state index is 13.1. The first-order valence-electron chi connectivity index (χ1n) is 9.84. The number of nitrogens with zero attached hydrogens (tertiary/aromatic N) is 5. The van der Waals surface area contributed by atoms with E-state index in [9.17, 15) is 4.79 Å². The fraction of sp³-hybridized carbons (Fsp3) is 0.333. The fourth-order valence-corrected chi connectivity index (χ4v) is 4.26. The van der Waals surface area contributed by atoms with Gasteiger partial charge in [0.05, 0.1) is 17.7 Å². The van der Waals surface area contributed by atoms with Crippen LogP contribution in [0.4, 0.5) is 0 Å². The molecule has 8 nitrogen and oxygen atoms in total. The first-order valence-corrected chi connectivity index (χ1v) is 11.2. The van der Waals surface area contributed by atoms with Crippen LogP contribution in [0.5, 0.6) is 0 Å². The lowest BCUT2D eigenvalue weighted by Crippen LogP contribution is -2.28. The molecule has 0 spiro atoms. The Morgan fingerprint density at radius 2 is 2.16 bits per heavy atom. The van der Waals surface area contributed by atoms with Crippen molar-refractivity contribution in [2.24, 2.45) is 5.10 Å². The molecule has 1 aromatic carbocycles. The van der Waals surface area contributed by atoms with E-state index in [2.05, 4.69) is 15.3 Å². The number of carbonyl (C=O) groups is 1. The number of methoxy groups -OCH3 is 1. The van der Waals surface area contributed by atoms with Gasteiger partial charge in [0, 0.05) is 31.7 Å². The summed E-state index contributed by atoms with van der Waals surface area (Å²) in [5.74, 6) is 0.771. The van der Waals surface area contributed by atoms with Crippen LogP contribution < -0.4 is 0 Å². The van der Waals surface area contributed by atoms with Crippen LogP contribution in [0.1, 0.15) is 30.2 Å². The average molecular weight is 460 g/mol. The van der Waals surface area contributed by atoms with Crippen LogP contribution in [0, 0.1) is 0 Å². The summed E-state index contributed by atoms with van der Waals surface area (Å²) in [6.07, 6.45) is 4.69. The summed E-state index contributed by atoms with van der Waals surface area (Å²) in [6, 6.07) is 10.8. The third kappa shape index (κ3) is 5.17. The summed E-state index contributed by atoms with van der Waals surface area (Å²) in [5.41, 5.74) is 1.75. The van der Waals surface area contributed by atoms with Crippen molar-refractivity contribution in [1.29, 1.82) is 0 Å². The van der Waals surface area contributed by atoms with Gasteiger partial charge in [-0.3, -0.25) is 4.79 Å². The van der Waals surface area contributed by atoms with Gasteiger partial charge in [0.25, 0.3) is 5.91 Å². The molecule has 3 heterocycles. The second-order valence-corrected chi connectivity index (χ2v) is 8.35. The van der Waals surface area contributed by atoms with E-state index in [1.165, 1.54) is 16.8 Å². The molecule has 4 rings (SSSR count). The quantitative estimate of drug-likeness (QED) is 0.354.